The summed E-state index contributed by atoms with van der Waals surface area (Å²) in [6.07, 6.45) is 2.85. The number of Topliss-reactive ketones (excluding diaryl/α,β-unsaturated/α-hetero) is 1. The van der Waals surface area contributed by atoms with Gasteiger partial charge < -0.3 is 0 Å². The Bertz CT molecular complexity index is 864. The number of ketones is 1. The van der Waals surface area contributed by atoms with Gasteiger partial charge in [0.05, 0.1) is 21.4 Å². The highest BCUT2D eigenvalue weighted by Gasteiger charge is 2.13. The summed E-state index contributed by atoms with van der Waals surface area (Å²) in [6.45, 7) is -0.0242. The zero-order valence-electron chi connectivity index (χ0n) is 10.4. The highest BCUT2D eigenvalue weighted by atomic mass is 79.9. The molecule has 0 aliphatic rings. The Balaban J connectivity index is 1.97. The van der Waals surface area contributed by atoms with Crippen LogP contribution in [0, 0.1) is 0 Å². The van der Waals surface area contributed by atoms with Crippen LogP contribution in [0.4, 0.5) is 0 Å². The maximum absolute atomic E-state index is 12.2. The number of thiophene rings is 1. The van der Waals surface area contributed by atoms with E-state index in [1.54, 1.807) is 13.1 Å². The molecule has 8 heteroatoms. The zero-order chi connectivity index (χ0) is 14.3. The molecule has 0 spiro atoms. The van der Waals surface area contributed by atoms with E-state index in [0.717, 1.165) is 3.79 Å². The van der Waals surface area contributed by atoms with E-state index >= 15 is 0 Å². The van der Waals surface area contributed by atoms with Gasteiger partial charge in [-0.1, -0.05) is 0 Å². The molecule has 0 saturated heterocycles. The van der Waals surface area contributed by atoms with E-state index in [1.807, 2.05) is 6.07 Å². The second kappa shape index (κ2) is 4.95. The summed E-state index contributed by atoms with van der Waals surface area (Å²) >= 11 is 4.65. The van der Waals surface area contributed by atoms with Crippen molar-refractivity contribution in [3.63, 3.8) is 0 Å². The Morgan fingerprint density at radius 3 is 2.95 bits per heavy atom. The molecule has 0 aliphatic heterocycles. The Labute approximate surface area is 125 Å². The number of carbonyl (C=O) groups excluding carboxylic acids is 1. The molecule has 0 fully saturated rings. The summed E-state index contributed by atoms with van der Waals surface area (Å²) in [6, 6.07) is 3.54. The lowest BCUT2D eigenvalue weighted by Gasteiger charge is -2.03. The Morgan fingerprint density at radius 2 is 2.25 bits per heavy atom. The van der Waals surface area contributed by atoms with E-state index in [-0.39, 0.29) is 17.9 Å². The molecule has 6 nitrogen and oxygen atoms in total. The normalized spacial score (nSPS) is 11.1. The van der Waals surface area contributed by atoms with Gasteiger partial charge in [-0.2, -0.15) is 5.10 Å². The fourth-order valence-corrected chi connectivity index (χ4v) is 3.19. The van der Waals surface area contributed by atoms with Gasteiger partial charge in [0.25, 0.3) is 5.56 Å². The fraction of sp³-hybridized carbons (Fsp3) is 0.167. The molecule has 0 amide bonds. The lowest BCUT2D eigenvalue weighted by Crippen LogP contribution is -2.24. The third-order valence-corrected chi connectivity index (χ3v) is 4.54. The van der Waals surface area contributed by atoms with Crippen molar-refractivity contribution in [2.24, 2.45) is 7.05 Å². The number of halogens is 1. The monoisotopic (exact) mass is 352 g/mol. The van der Waals surface area contributed by atoms with Gasteiger partial charge in [-0.05, 0) is 28.1 Å². The largest absolute Gasteiger partial charge is 0.291 e. The molecule has 0 unspecified atom stereocenters. The molecule has 0 saturated carbocycles. The molecule has 20 heavy (non-hydrogen) atoms. The summed E-state index contributed by atoms with van der Waals surface area (Å²) in [5.41, 5.74) is 0.254. The van der Waals surface area contributed by atoms with E-state index < -0.39 is 0 Å². The molecule has 3 aromatic rings. The van der Waals surface area contributed by atoms with Gasteiger partial charge >= 0.3 is 0 Å². The molecule has 0 bridgehead atoms. The van der Waals surface area contributed by atoms with Crippen molar-refractivity contribution < 1.29 is 4.79 Å². The van der Waals surface area contributed by atoms with Crippen LogP contribution in [-0.4, -0.2) is 25.1 Å². The average Bonchev–Trinajstić information content (AvgIpc) is 3.00. The SMILES string of the molecule is Cn1ncc2c(=O)n(CC(=O)c3ccc(Br)s3)cnc21. The van der Waals surface area contributed by atoms with Gasteiger partial charge in [-0.3, -0.25) is 18.8 Å². The molecule has 0 aromatic carbocycles. The van der Waals surface area contributed by atoms with E-state index in [0.29, 0.717) is 15.9 Å². The van der Waals surface area contributed by atoms with Crippen LogP contribution in [0.3, 0.4) is 0 Å². The van der Waals surface area contributed by atoms with E-state index in [2.05, 4.69) is 26.0 Å². The molecule has 0 radical (unpaired) electrons. The highest BCUT2D eigenvalue weighted by molar-refractivity contribution is 9.11. The lowest BCUT2D eigenvalue weighted by atomic mass is 10.3. The quantitative estimate of drug-likeness (QED) is 0.674. The van der Waals surface area contributed by atoms with E-state index in [9.17, 15) is 9.59 Å². The first kappa shape index (κ1) is 13.2. The zero-order valence-corrected chi connectivity index (χ0v) is 12.8. The van der Waals surface area contributed by atoms with Crippen LogP contribution in [0.1, 0.15) is 9.67 Å². The van der Waals surface area contributed by atoms with Crippen molar-refractivity contribution >= 4 is 44.1 Å². The van der Waals surface area contributed by atoms with Crippen molar-refractivity contribution in [3.8, 4) is 0 Å². The molecule has 3 rings (SSSR count). The van der Waals surface area contributed by atoms with Crippen LogP contribution in [0.5, 0.6) is 0 Å². The Hall–Kier alpha value is -1.80. The molecule has 3 heterocycles. The Kier molecular flexibility index (Phi) is 3.27. The molecule has 102 valence electrons. The molecular formula is C12H9BrN4O2S. The fourth-order valence-electron chi connectivity index (χ4n) is 1.88. The standard InChI is InChI=1S/C12H9BrN4O2S/c1-16-11-7(4-15-16)12(19)17(6-14-11)5-8(18)9-2-3-10(13)20-9/h2-4,6H,5H2,1H3. The third-order valence-electron chi connectivity index (χ3n) is 2.88. The summed E-state index contributed by atoms with van der Waals surface area (Å²) in [5, 5.41) is 4.40. The molecule has 0 atom stereocenters. The second-order valence-corrected chi connectivity index (χ2v) is 6.67. The highest BCUT2D eigenvalue weighted by Crippen LogP contribution is 2.22. The van der Waals surface area contributed by atoms with E-state index in [1.165, 1.54) is 33.1 Å². The molecular weight excluding hydrogens is 344 g/mol. The number of hydrogen-bond donors (Lipinski definition) is 0. The summed E-state index contributed by atoms with van der Waals surface area (Å²) < 4.78 is 3.72. The number of rotatable bonds is 3. The number of fused-ring (bicyclic) bond motifs is 1. The van der Waals surface area contributed by atoms with Gasteiger partial charge in [0.1, 0.15) is 11.7 Å². The van der Waals surface area contributed by atoms with Crippen LogP contribution in [0.25, 0.3) is 11.0 Å². The first-order chi connectivity index (χ1) is 9.56. The minimum Gasteiger partial charge on any atom is -0.291 e. The second-order valence-electron chi connectivity index (χ2n) is 4.21. The number of hydrogen-bond acceptors (Lipinski definition) is 5. The Morgan fingerprint density at radius 1 is 1.45 bits per heavy atom. The topological polar surface area (TPSA) is 69.8 Å². The van der Waals surface area contributed by atoms with Gasteiger partial charge in [0.15, 0.2) is 11.4 Å². The summed E-state index contributed by atoms with van der Waals surface area (Å²) in [4.78, 5) is 29.1. The van der Waals surface area contributed by atoms with Crippen LogP contribution in [0.2, 0.25) is 0 Å². The molecule has 3 aromatic heterocycles. The van der Waals surface area contributed by atoms with Crippen molar-refractivity contribution in [3.05, 3.63) is 43.7 Å². The van der Waals surface area contributed by atoms with Gasteiger partial charge in [0.2, 0.25) is 0 Å². The van der Waals surface area contributed by atoms with Crippen molar-refractivity contribution in [2.45, 2.75) is 6.54 Å². The maximum atomic E-state index is 12.2. The lowest BCUT2D eigenvalue weighted by molar-refractivity contribution is 0.0974. The predicted molar refractivity (Wildman–Crippen MR) is 79.1 cm³/mol. The number of aryl methyl sites for hydroxylation is 1. The van der Waals surface area contributed by atoms with E-state index in [4.69, 9.17) is 0 Å². The summed E-state index contributed by atoms with van der Waals surface area (Å²) in [7, 11) is 1.72. The number of aromatic nitrogens is 4. The van der Waals surface area contributed by atoms with Crippen LogP contribution in [0.15, 0.2) is 33.2 Å². The van der Waals surface area contributed by atoms with Crippen molar-refractivity contribution in [2.75, 3.05) is 0 Å². The average molecular weight is 353 g/mol. The number of carbonyl (C=O) groups is 1. The number of nitrogens with zero attached hydrogens (tertiary/aromatic N) is 4. The predicted octanol–water partition coefficient (Wildman–Crippen LogP) is 1.84. The van der Waals surface area contributed by atoms with Crippen molar-refractivity contribution in [1.82, 2.24) is 19.3 Å². The van der Waals surface area contributed by atoms with Gasteiger partial charge in [-0.15, -0.1) is 11.3 Å². The maximum Gasteiger partial charge on any atom is 0.264 e. The minimum absolute atomic E-state index is 0.0242. The van der Waals surface area contributed by atoms with Crippen LogP contribution >= 0.6 is 27.3 Å². The summed E-state index contributed by atoms with van der Waals surface area (Å²) in [5.74, 6) is -0.118. The van der Waals surface area contributed by atoms with Crippen molar-refractivity contribution in [1.29, 1.82) is 0 Å². The van der Waals surface area contributed by atoms with Crippen LogP contribution in [-0.2, 0) is 13.6 Å². The first-order valence-electron chi connectivity index (χ1n) is 5.72. The van der Waals surface area contributed by atoms with Crippen LogP contribution < -0.4 is 5.56 Å². The first-order valence-corrected chi connectivity index (χ1v) is 7.33. The smallest absolute Gasteiger partial charge is 0.264 e. The van der Waals surface area contributed by atoms with Gasteiger partial charge in [-0.25, -0.2) is 4.98 Å². The molecule has 0 N–H and O–H groups in total. The minimum atomic E-state index is -0.257. The van der Waals surface area contributed by atoms with Gasteiger partial charge in [0, 0.05) is 7.05 Å². The molecule has 0 aliphatic carbocycles. The third kappa shape index (κ3) is 2.20.